The Morgan fingerprint density at radius 1 is 0.533 bits per heavy atom. The number of carbonyl (C=O) groups is 2. The van der Waals surface area contributed by atoms with Gasteiger partial charge in [0.25, 0.3) is 0 Å². The minimum Gasteiger partial charge on any atom is -0.462 e. The van der Waals surface area contributed by atoms with Crippen LogP contribution in [0.2, 0.25) is 0 Å². The first-order valence-electron chi connectivity index (χ1n) is 22.0. The Kier molecular flexibility index (Phi) is 38.1. The van der Waals surface area contributed by atoms with Gasteiger partial charge in [-0.15, -0.1) is 0 Å². The summed E-state index contributed by atoms with van der Waals surface area (Å²) < 4.78 is 47.7. The van der Waals surface area contributed by atoms with E-state index in [1.165, 1.54) is 44.9 Å². The molecule has 348 valence electrons. The number of ether oxygens (including phenoxy) is 2. The van der Waals surface area contributed by atoms with Gasteiger partial charge in [0.1, 0.15) is 12.7 Å². The molecule has 0 aliphatic heterocycles. The summed E-state index contributed by atoms with van der Waals surface area (Å²) in [6, 6.07) is 0. The molecule has 4 atom stereocenters. The Balaban J connectivity index is 4.62. The number of rotatable bonds is 41. The van der Waals surface area contributed by atoms with Crippen molar-refractivity contribution in [3.63, 3.8) is 0 Å². The fraction of sp³-hybridized carbons (Fsp3) is 0.727. The molecule has 0 spiro atoms. The molecule has 0 aliphatic rings. The lowest BCUT2D eigenvalue weighted by molar-refractivity contribution is -0.161. The number of aliphatic hydroxyl groups excluding tert-OH is 2. The third-order valence-corrected chi connectivity index (χ3v) is 10.3. The number of phosphoric acid groups is 2. The predicted octanol–water partition coefficient (Wildman–Crippen LogP) is 10.2. The van der Waals surface area contributed by atoms with Gasteiger partial charge in [0, 0.05) is 12.8 Å². The van der Waals surface area contributed by atoms with E-state index in [2.05, 4.69) is 64.6 Å². The van der Waals surface area contributed by atoms with E-state index in [0.29, 0.717) is 19.3 Å². The van der Waals surface area contributed by atoms with E-state index in [1.54, 1.807) is 6.92 Å². The van der Waals surface area contributed by atoms with E-state index in [0.717, 1.165) is 70.6 Å². The Bertz CT molecular complexity index is 1310. The van der Waals surface area contributed by atoms with Gasteiger partial charge in [0.2, 0.25) is 0 Å². The molecule has 0 saturated carbocycles. The van der Waals surface area contributed by atoms with Crippen molar-refractivity contribution in [3.05, 3.63) is 60.8 Å². The molecule has 0 rings (SSSR count). The predicted molar refractivity (Wildman–Crippen MR) is 236 cm³/mol. The van der Waals surface area contributed by atoms with Crippen LogP contribution in [-0.2, 0) is 41.8 Å². The van der Waals surface area contributed by atoms with E-state index in [1.807, 2.05) is 12.2 Å². The van der Waals surface area contributed by atoms with E-state index in [4.69, 9.17) is 23.8 Å². The second-order valence-corrected chi connectivity index (χ2v) is 17.6. The van der Waals surface area contributed by atoms with Crippen LogP contribution in [-0.4, -0.2) is 81.6 Å². The highest BCUT2D eigenvalue weighted by Crippen LogP contribution is 2.43. The maximum atomic E-state index is 12.6. The standard InChI is InChI=1S/C44H78O14P2/c1-3-4-5-6-7-8-9-10-12-16-19-22-25-28-31-34-43(47)54-38-42(39-57-60(52,53)56-37-41(46)36-55-59(49,50)51)58-44(48)35-32-29-26-23-20-17-14-11-13-15-18-21-24-27-30-33-40(2)45/h8-9,13-15,17,21,23-24,26,40-42,45-46H,3-7,10-12,16,18-20,22,25,27-39H2,1-2H3,(H,52,53)(H2,49,50,51)/b9-8-,15-13-,17-14-,24-21-,26-23-/t40-,41-,42+/m0/s1. The quantitative estimate of drug-likeness (QED) is 0.0167. The van der Waals surface area contributed by atoms with Crippen molar-refractivity contribution in [1.82, 2.24) is 0 Å². The zero-order chi connectivity index (χ0) is 44.6. The van der Waals surface area contributed by atoms with Gasteiger partial charge >= 0.3 is 27.6 Å². The van der Waals surface area contributed by atoms with Crippen molar-refractivity contribution < 1.29 is 66.7 Å². The number of hydrogen-bond acceptors (Lipinski definition) is 11. The molecule has 0 heterocycles. The molecule has 14 nitrogen and oxygen atoms in total. The fourth-order valence-electron chi connectivity index (χ4n) is 5.53. The number of aliphatic hydroxyl groups is 2. The third-order valence-electron chi connectivity index (χ3n) is 8.89. The molecule has 0 saturated heterocycles. The average Bonchev–Trinajstić information content (AvgIpc) is 3.19. The molecule has 1 unspecified atom stereocenters. The smallest absolute Gasteiger partial charge is 0.462 e. The van der Waals surface area contributed by atoms with E-state index in [9.17, 15) is 33.8 Å². The molecule has 0 radical (unpaired) electrons. The summed E-state index contributed by atoms with van der Waals surface area (Å²) in [6.07, 6.45) is 39.2. The van der Waals surface area contributed by atoms with Gasteiger partial charge in [-0.1, -0.05) is 119 Å². The minimum absolute atomic E-state index is 0.0410. The van der Waals surface area contributed by atoms with Crippen molar-refractivity contribution >= 4 is 27.6 Å². The molecule has 0 aromatic heterocycles. The summed E-state index contributed by atoms with van der Waals surface area (Å²) in [4.78, 5) is 52.7. The number of phosphoric ester groups is 2. The van der Waals surface area contributed by atoms with Gasteiger partial charge in [-0.05, 0) is 90.4 Å². The lowest BCUT2D eigenvalue weighted by atomic mass is 10.1. The lowest BCUT2D eigenvalue weighted by Crippen LogP contribution is -2.29. The van der Waals surface area contributed by atoms with Crippen LogP contribution in [0.3, 0.4) is 0 Å². The SMILES string of the molecule is CCCCCC/C=C\CCCCCCCCCC(=O)OC[C@H](COP(=O)(O)OC[C@@H](O)COP(=O)(O)O)OC(=O)CCC/C=C\C/C=C\C/C=C\C/C=C\CCC[C@H](C)O. The van der Waals surface area contributed by atoms with Crippen LogP contribution in [0.4, 0.5) is 0 Å². The van der Waals surface area contributed by atoms with Crippen molar-refractivity contribution in [1.29, 1.82) is 0 Å². The number of unbranched alkanes of at least 4 members (excludes halogenated alkanes) is 13. The summed E-state index contributed by atoms with van der Waals surface area (Å²) in [6.45, 7) is 1.22. The number of carbonyl (C=O) groups excluding carboxylic acids is 2. The maximum Gasteiger partial charge on any atom is 0.472 e. The molecule has 0 aromatic carbocycles. The van der Waals surface area contributed by atoms with Gasteiger partial charge in [0.05, 0.1) is 25.9 Å². The summed E-state index contributed by atoms with van der Waals surface area (Å²) in [7, 11) is -9.71. The zero-order valence-corrected chi connectivity index (χ0v) is 38.2. The molecule has 0 aliphatic carbocycles. The van der Waals surface area contributed by atoms with Crippen molar-refractivity contribution in [2.45, 2.75) is 180 Å². The molecule has 16 heteroatoms. The highest BCUT2D eigenvalue weighted by atomic mass is 31.2. The molecule has 0 aromatic rings. The van der Waals surface area contributed by atoms with Crippen molar-refractivity contribution in [3.8, 4) is 0 Å². The summed E-state index contributed by atoms with van der Waals surface area (Å²) in [5, 5.41) is 19.0. The van der Waals surface area contributed by atoms with Crippen LogP contribution >= 0.6 is 15.6 Å². The second kappa shape index (κ2) is 39.6. The van der Waals surface area contributed by atoms with E-state index in [-0.39, 0.29) is 18.9 Å². The molecule has 5 N–H and O–H groups in total. The van der Waals surface area contributed by atoms with Gasteiger partial charge in [-0.2, -0.15) is 0 Å². The van der Waals surface area contributed by atoms with Crippen molar-refractivity contribution in [2.24, 2.45) is 0 Å². The fourth-order valence-corrected chi connectivity index (χ4v) is 6.69. The van der Waals surface area contributed by atoms with Crippen LogP contribution in [0.1, 0.15) is 162 Å². The number of esters is 2. The highest BCUT2D eigenvalue weighted by Gasteiger charge is 2.28. The molecule has 60 heavy (non-hydrogen) atoms. The Morgan fingerprint density at radius 2 is 0.983 bits per heavy atom. The lowest BCUT2D eigenvalue weighted by Gasteiger charge is -2.20. The molecule has 0 amide bonds. The van der Waals surface area contributed by atoms with E-state index < -0.39 is 66.2 Å². The molecule has 0 fully saturated rings. The third kappa shape index (κ3) is 43.9. The van der Waals surface area contributed by atoms with Crippen LogP contribution in [0.15, 0.2) is 60.8 Å². The summed E-state index contributed by atoms with van der Waals surface area (Å²) >= 11 is 0. The Labute approximate surface area is 360 Å². The number of allylic oxidation sites excluding steroid dienone is 10. The molecular weight excluding hydrogens is 814 g/mol. The first-order valence-corrected chi connectivity index (χ1v) is 25.0. The van der Waals surface area contributed by atoms with Gasteiger partial charge in [0.15, 0.2) is 6.10 Å². The van der Waals surface area contributed by atoms with Crippen LogP contribution in [0, 0.1) is 0 Å². The topological polar surface area (TPSA) is 216 Å². The monoisotopic (exact) mass is 892 g/mol. The highest BCUT2D eigenvalue weighted by molar-refractivity contribution is 7.47. The van der Waals surface area contributed by atoms with Gasteiger partial charge in [-0.3, -0.25) is 23.2 Å². The normalized spacial score (nSPS) is 15.1. The first-order chi connectivity index (χ1) is 28.7. The second-order valence-electron chi connectivity index (χ2n) is 14.9. The van der Waals surface area contributed by atoms with Gasteiger partial charge in [-0.25, -0.2) is 9.13 Å². The van der Waals surface area contributed by atoms with E-state index >= 15 is 0 Å². The average molecular weight is 893 g/mol. The first kappa shape index (κ1) is 57.8. The number of hydrogen-bond donors (Lipinski definition) is 5. The summed E-state index contributed by atoms with van der Waals surface area (Å²) in [5.41, 5.74) is 0. The largest absolute Gasteiger partial charge is 0.472 e. The maximum absolute atomic E-state index is 12.6. The zero-order valence-electron chi connectivity index (χ0n) is 36.4. The summed E-state index contributed by atoms with van der Waals surface area (Å²) in [5.74, 6) is -1.12. The van der Waals surface area contributed by atoms with Crippen LogP contribution in [0.5, 0.6) is 0 Å². The van der Waals surface area contributed by atoms with Gasteiger partial charge < -0.3 is 34.4 Å². The molecule has 0 bridgehead atoms. The minimum atomic E-state index is -4.87. The Morgan fingerprint density at radius 3 is 1.55 bits per heavy atom. The van der Waals surface area contributed by atoms with Crippen LogP contribution in [0.25, 0.3) is 0 Å². The Hall–Kier alpha value is -2.22. The molecular formula is C44H78O14P2. The van der Waals surface area contributed by atoms with Crippen LogP contribution < -0.4 is 0 Å². The van der Waals surface area contributed by atoms with Crippen molar-refractivity contribution in [2.75, 3.05) is 26.4 Å².